The molecule has 0 saturated heterocycles. The summed E-state index contributed by atoms with van der Waals surface area (Å²) in [6.07, 6.45) is 1.21. The standard InChI is InChI=1S/C11H10N4O2/c12-10(15-11(13)14)7-5-17-8-4-2-1-3-6(8)9(7)16/h1-5H,(H5,12,13,14,15). The summed E-state index contributed by atoms with van der Waals surface area (Å²) in [5.74, 6) is -0.591. The third-order valence-corrected chi connectivity index (χ3v) is 2.20. The number of hydrogen-bond donors (Lipinski definition) is 3. The Hall–Kier alpha value is -2.63. The quantitative estimate of drug-likeness (QED) is 0.485. The van der Waals surface area contributed by atoms with Gasteiger partial charge in [-0.2, -0.15) is 4.99 Å². The molecule has 0 amide bonds. The van der Waals surface area contributed by atoms with Crippen molar-refractivity contribution in [2.24, 2.45) is 16.5 Å². The number of aliphatic imine (C=N–C) groups is 1. The summed E-state index contributed by atoms with van der Waals surface area (Å²) >= 11 is 0. The van der Waals surface area contributed by atoms with Crippen LogP contribution in [0.2, 0.25) is 0 Å². The van der Waals surface area contributed by atoms with Crippen LogP contribution in [0.3, 0.4) is 0 Å². The van der Waals surface area contributed by atoms with Crippen molar-refractivity contribution in [3.05, 3.63) is 46.3 Å². The Labute approximate surface area is 96.1 Å². The molecule has 0 spiro atoms. The molecule has 0 unspecified atom stereocenters. The van der Waals surface area contributed by atoms with Crippen LogP contribution in [0.25, 0.3) is 11.0 Å². The van der Waals surface area contributed by atoms with Crippen LogP contribution >= 0.6 is 0 Å². The molecule has 1 aromatic heterocycles. The van der Waals surface area contributed by atoms with E-state index in [2.05, 4.69) is 4.99 Å². The van der Waals surface area contributed by atoms with Gasteiger partial charge in [-0.05, 0) is 12.1 Å². The Bertz CT molecular complexity index is 672. The van der Waals surface area contributed by atoms with Gasteiger partial charge in [-0.3, -0.25) is 10.2 Å². The molecule has 17 heavy (non-hydrogen) atoms. The minimum absolute atomic E-state index is 0.0962. The van der Waals surface area contributed by atoms with Gasteiger partial charge in [-0.15, -0.1) is 0 Å². The predicted octanol–water partition coefficient (Wildman–Crippen LogP) is 0.392. The molecule has 1 heterocycles. The van der Waals surface area contributed by atoms with Crippen LogP contribution < -0.4 is 16.9 Å². The molecule has 0 bridgehead atoms. The first kappa shape index (κ1) is 10.9. The average Bonchev–Trinajstić information content (AvgIpc) is 2.28. The third-order valence-electron chi connectivity index (χ3n) is 2.20. The zero-order valence-electron chi connectivity index (χ0n) is 8.81. The normalized spacial score (nSPS) is 11.6. The highest BCUT2D eigenvalue weighted by molar-refractivity contribution is 6.04. The van der Waals surface area contributed by atoms with Gasteiger partial charge < -0.3 is 15.9 Å². The van der Waals surface area contributed by atoms with Crippen molar-refractivity contribution in [3.8, 4) is 0 Å². The second-order valence-electron chi connectivity index (χ2n) is 3.36. The molecule has 0 aliphatic rings. The van der Waals surface area contributed by atoms with E-state index in [-0.39, 0.29) is 16.8 Å². The van der Waals surface area contributed by atoms with E-state index in [1.165, 1.54) is 6.26 Å². The van der Waals surface area contributed by atoms with E-state index in [1.807, 2.05) is 0 Å². The topological polar surface area (TPSA) is 118 Å². The van der Waals surface area contributed by atoms with E-state index in [0.717, 1.165) is 0 Å². The van der Waals surface area contributed by atoms with Crippen LogP contribution in [-0.2, 0) is 0 Å². The van der Waals surface area contributed by atoms with Crippen molar-refractivity contribution in [3.63, 3.8) is 0 Å². The molecule has 0 fully saturated rings. The van der Waals surface area contributed by atoms with Crippen LogP contribution in [0.1, 0.15) is 5.56 Å². The number of rotatable bonds is 1. The highest BCUT2D eigenvalue weighted by Crippen LogP contribution is 2.10. The number of hydrogen-bond acceptors (Lipinski definition) is 3. The second-order valence-corrected chi connectivity index (χ2v) is 3.36. The molecule has 0 aliphatic carbocycles. The lowest BCUT2D eigenvalue weighted by atomic mass is 10.1. The molecule has 2 rings (SSSR count). The average molecular weight is 230 g/mol. The summed E-state index contributed by atoms with van der Waals surface area (Å²) in [7, 11) is 0. The van der Waals surface area contributed by atoms with Crippen LogP contribution in [0.4, 0.5) is 0 Å². The number of guanidine groups is 1. The zero-order valence-corrected chi connectivity index (χ0v) is 8.81. The highest BCUT2D eigenvalue weighted by Gasteiger charge is 2.09. The molecule has 0 atom stereocenters. The zero-order chi connectivity index (χ0) is 12.4. The van der Waals surface area contributed by atoms with E-state index in [0.29, 0.717) is 11.0 Å². The van der Waals surface area contributed by atoms with E-state index < -0.39 is 5.96 Å². The lowest BCUT2D eigenvalue weighted by Gasteiger charge is -2.01. The molecular formula is C11H10N4O2. The van der Waals surface area contributed by atoms with E-state index in [4.69, 9.17) is 21.3 Å². The van der Waals surface area contributed by atoms with Gasteiger partial charge in [0.1, 0.15) is 23.2 Å². The molecule has 6 heteroatoms. The predicted molar refractivity (Wildman–Crippen MR) is 65.1 cm³/mol. The Kier molecular flexibility index (Phi) is 2.61. The van der Waals surface area contributed by atoms with E-state index >= 15 is 0 Å². The number of nitrogens with zero attached hydrogens (tertiary/aromatic N) is 1. The van der Waals surface area contributed by atoms with E-state index in [9.17, 15) is 4.79 Å². The molecule has 2 aromatic rings. The summed E-state index contributed by atoms with van der Waals surface area (Å²) in [5.41, 5.74) is 10.9. The Morgan fingerprint density at radius 3 is 2.71 bits per heavy atom. The number of benzene rings is 1. The lowest BCUT2D eigenvalue weighted by molar-refractivity contribution is 0.601. The van der Waals surface area contributed by atoms with Crippen molar-refractivity contribution in [2.45, 2.75) is 0 Å². The Morgan fingerprint density at radius 2 is 2.00 bits per heavy atom. The number of amidine groups is 1. The molecule has 5 N–H and O–H groups in total. The number of nitrogens with one attached hydrogen (secondary N) is 1. The van der Waals surface area contributed by atoms with Crippen LogP contribution in [0, 0.1) is 5.41 Å². The second kappa shape index (κ2) is 4.09. The molecular weight excluding hydrogens is 220 g/mol. The van der Waals surface area contributed by atoms with Gasteiger partial charge in [0.25, 0.3) is 0 Å². The van der Waals surface area contributed by atoms with Gasteiger partial charge in [0.05, 0.1) is 5.39 Å². The lowest BCUT2D eigenvalue weighted by Crippen LogP contribution is -2.25. The minimum Gasteiger partial charge on any atom is -0.463 e. The fourth-order valence-electron chi connectivity index (χ4n) is 1.44. The Balaban J connectivity index is 2.69. The summed E-state index contributed by atoms with van der Waals surface area (Å²) in [5, 5.41) is 7.39. The van der Waals surface area contributed by atoms with Crippen molar-refractivity contribution in [1.29, 1.82) is 5.41 Å². The monoisotopic (exact) mass is 230 g/mol. The first-order valence-corrected chi connectivity index (χ1v) is 4.78. The van der Waals surface area contributed by atoms with Gasteiger partial charge in [-0.1, -0.05) is 12.1 Å². The van der Waals surface area contributed by atoms with Crippen molar-refractivity contribution in [2.75, 3.05) is 0 Å². The van der Waals surface area contributed by atoms with Crippen molar-refractivity contribution >= 4 is 22.8 Å². The number of para-hydroxylation sites is 1. The number of nitrogens with two attached hydrogens (primary N) is 2. The smallest absolute Gasteiger partial charge is 0.214 e. The molecule has 0 saturated carbocycles. The maximum atomic E-state index is 12.0. The maximum Gasteiger partial charge on any atom is 0.214 e. The molecule has 6 nitrogen and oxygen atoms in total. The van der Waals surface area contributed by atoms with Crippen molar-refractivity contribution in [1.82, 2.24) is 0 Å². The molecule has 0 aliphatic heterocycles. The van der Waals surface area contributed by atoms with Crippen LogP contribution in [0.5, 0.6) is 0 Å². The van der Waals surface area contributed by atoms with Gasteiger partial charge >= 0.3 is 0 Å². The Morgan fingerprint density at radius 1 is 1.29 bits per heavy atom. The summed E-state index contributed by atoms with van der Waals surface area (Å²) in [6.45, 7) is 0. The summed E-state index contributed by atoms with van der Waals surface area (Å²) < 4.78 is 5.25. The van der Waals surface area contributed by atoms with Gasteiger partial charge in [-0.25, -0.2) is 0 Å². The van der Waals surface area contributed by atoms with Crippen LogP contribution in [0.15, 0.2) is 44.7 Å². The van der Waals surface area contributed by atoms with Gasteiger partial charge in [0.2, 0.25) is 11.4 Å². The summed E-state index contributed by atoms with van der Waals surface area (Å²) in [6, 6.07) is 6.80. The third kappa shape index (κ3) is 2.00. The minimum atomic E-state index is -0.463. The maximum absolute atomic E-state index is 12.0. The number of fused-ring (bicyclic) bond motifs is 1. The molecule has 86 valence electrons. The van der Waals surface area contributed by atoms with E-state index in [1.54, 1.807) is 24.3 Å². The SMILES string of the molecule is N=C(N)/N=C(\N)c1coc2ccccc2c1=O. The molecule has 0 radical (unpaired) electrons. The first-order chi connectivity index (χ1) is 8.09. The summed E-state index contributed by atoms with van der Waals surface area (Å²) in [4.78, 5) is 15.5. The van der Waals surface area contributed by atoms with Crippen molar-refractivity contribution < 1.29 is 4.42 Å². The van der Waals surface area contributed by atoms with Gasteiger partial charge in [0, 0.05) is 0 Å². The highest BCUT2D eigenvalue weighted by atomic mass is 16.3. The van der Waals surface area contributed by atoms with Crippen LogP contribution in [-0.4, -0.2) is 11.8 Å². The fraction of sp³-hybridized carbons (Fsp3) is 0. The largest absolute Gasteiger partial charge is 0.463 e. The fourth-order valence-corrected chi connectivity index (χ4v) is 1.44. The molecule has 1 aromatic carbocycles. The first-order valence-electron chi connectivity index (χ1n) is 4.78. The van der Waals surface area contributed by atoms with Gasteiger partial charge in [0.15, 0.2) is 0 Å².